The van der Waals surface area contributed by atoms with Gasteiger partial charge in [-0.2, -0.15) is 5.26 Å². The Balaban J connectivity index is 1.77. The molecule has 2 unspecified atom stereocenters. The minimum Gasteiger partial charge on any atom is -0.319 e. The summed E-state index contributed by atoms with van der Waals surface area (Å²) in [5.41, 5.74) is 1.09. The number of halogens is 2. The van der Waals surface area contributed by atoms with Crippen LogP contribution in [0.25, 0.3) is 0 Å². The summed E-state index contributed by atoms with van der Waals surface area (Å²) in [4.78, 5) is 4.02. The zero-order chi connectivity index (χ0) is 14.8. The SMILES string of the molecule is N#CC(C1SC[C@@H](c2ccc(Cl)cc2Cl)S1)n1ccnc1. The Hall–Kier alpha value is -0.800. The van der Waals surface area contributed by atoms with E-state index in [4.69, 9.17) is 23.2 Å². The van der Waals surface area contributed by atoms with Gasteiger partial charge in [0.25, 0.3) is 0 Å². The molecule has 0 radical (unpaired) electrons. The fourth-order valence-electron chi connectivity index (χ4n) is 2.22. The van der Waals surface area contributed by atoms with Crippen LogP contribution < -0.4 is 0 Å². The van der Waals surface area contributed by atoms with Crippen LogP contribution in [0, 0.1) is 11.3 Å². The summed E-state index contributed by atoms with van der Waals surface area (Å²) in [7, 11) is 0. The standard InChI is InChI=1S/C14H11Cl2N3S2/c15-9-1-2-10(11(16)5-9)13-7-20-14(21-13)12(6-17)19-4-3-18-8-19/h1-5,8,12-14H,7H2/t12?,13-,14?/m0/s1. The van der Waals surface area contributed by atoms with Crippen LogP contribution in [0.5, 0.6) is 0 Å². The quantitative estimate of drug-likeness (QED) is 0.792. The lowest BCUT2D eigenvalue weighted by molar-refractivity contribution is 0.664. The van der Waals surface area contributed by atoms with Crippen LogP contribution in [0.15, 0.2) is 36.9 Å². The molecular formula is C14H11Cl2N3S2. The molecule has 3 rings (SSSR count). The molecule has 0 amide bonds. The highest BCUT2D eigenvalue weighted by atomic mass is 35.5. The van der Waals surface area contributed by atoms with Gasteiger partial charge >= 0.3 is 0 Å². The number of imidazole rings is 1. The second kappa shape index (κ2) is 6.53. The molecule has 108 valence electrons. The van der Waals surface area contributed by atoms with E-state index in [1.54, 1.807) is 42.1 Å². The molecule has 7 heteroatoms. The highest BCUT2D eigenvalue weighted by molar-refractivity contribution is 8.20. The third-order valence-corrected chi connectivity index (χ3v) is 7.16. The Morgan fingerprint density at radius 3 is 2.95 bits per heavy atom. The molecule has 3 atom stereocenters. The average molecular weight is 356 g/mol. The third-order valence-electron chi connectivity index (χ3n) is 3.26. The first-order chi connectivity index (χ1) is 10.2. The number of hydrogen-bond donors (Lipinski definition) is 0. The van der Waals surface area contributed by atoms with Crippen molar-refractivity contribution in [3.63, 3.8) is 0 Å². The van der Waals surface area contributed by atoms with Gasteiger partial charge in [-0.1, -0.05) is 29.3 Å². The van der Waals surface area contributed by atoms with Crippen molar-refractivity contribution in [2.75, 3.05) is 5.75 Å². The zero-order valence-electron chi connectivity index (χ0n) is 10.8. The first kappa shape index (κ1) is 15.1. The molecule has 1 aliphatic heterocycles. The van der Waals surface area contributed by atoms with Gasteiger partial charge in [0.15, 0.2) is 0 Å². The Morgan fingerprint density at radius 1 is 1.43 bits per heavy atom. The summed E-state index contributed by atoms with van der Waals surface area (Å²) >= 11 is 15.8. The predicted octanol–water partition coefficient (Wildman–Crippen LogP) is 4.80. The molecule has 0 N–H and O–H groups in total. The first-order valence-electron chi connectivity index (χ1n) is 6.28. The van der Waals surface area contributed by atoms with Gasteiger partial charge in [0.2, 0.25) is 0 Å². The molecule has 1 saturated heterocycles. The molecule has 0 saturated carbocycles. The van der Waals surface area contributed by atoms with Crippen molar-refractivity contribution in [2.24, 2.45) is 0 Å². The molecule has 1 aromatic heterocycles. The maximum absolute atomic E-state index is 9.44. The maximum atomic E-state index is 9.44. The van der Waals surface area contributed by atoms with E-state index in [1.807, 2.05) is 22.9 Å². The maximum Gasteiger partial charge on any atom is 0.142 e. The normalized spacial score (nSPS) is 22.9. The Kier molecular flexibility index (Phi) is 4.70. The fourth-order valence-corrected chi connectivity index (χ4v) is 6.28. The molecule has 2 heterocycles. The van der Waals surface area contributed by atoms with Crippen LogP contribution in [0.1, 0.15) is 16.9 Å². The molecule has 0 bridgehead atoms. The van der Waals surface area contributed by atoms with E-state index in [9.17, 15) is 5.26 Å². The molecule has 21 heavy (non-hydrogen) atoms. The zero-order valence-corrected chi connectivity index (χ0v) is 14.0. The Morgan fingerprint density at radius 2 is 2.29 bits per heavy atom. The lowest BCUT2D eigenvalue weighted by atomic mass is 10.2. The van der Waals surface area contributed by atoms with Crippen molar-refractivity contribution in [3.05, 3.63) is 52.5 Å². The van der Waals surface area contributed by atoms with E-state index < -0.39 is 0 Å². The number of nitriles is 1. The van der Waals surface area contributed by atoms with Crippen molar-refractivity contribution in [1.29, 1.82) is 5.26 Å². The van der Waals surface area contributed by atoms with Gasteiger partial charge in [-0.25, -0.2) is 4.98 Å². The van der Waals surface area contributed by atoms with E-state index in [0.29, 0.717) is 10.0 Å². The second-order valence-corrected chi connectivity index (χ2v) is 8.24. The molecule has 1 aromatic carbocycles. The van der Waals surface area contributed by atoms with Gasteiger partial charge in [-0.3, -0.25) is 0 Å². The van der Waals surface area contributed by atoms with Crippen molar-refractivity contribution in [2.45, 2.75) is 15.9 Å². The van der Waals surface area contributed by atoms with Crippen LogP contribution in [0.4, 0.5) is 0 Å². The van der Waals surface area contributed by atoms with E-state index >= 15 is 0 Å². The van der Waals surface area contributed by atoms with Crippen LogP contribution in [0.3, 0.4) is 0 Å². The van der Waals surface area contributed by atoms with Gasteiger partial charge in [0, 0.05) is 33.4 Å². The highest BCUT2D eigenvalue weighted by Gasteiger charge is 2.34. The second-order valence-electron chi connectivity index (χ2n) is 4.58. The summed E-state index contributed by atoms with van der Waals surface area (Å²) in [5, 5.41) is 11.1. The summed E-state index contributed by atoms with van der Waals surface area (Å²) in [6.45, 7) is 0. The van der Waals surface area contributed by atoms with Crippen LogP contribution in [0.2, 0.25) is 10.0 Å². The topological polar surface area (TPSA) is 41.6 Å². The molecule has 1 fully saturated rings. The van der Waals surface area contributed by atoms with Gasteiger partial charge in [-0.05, 0) is 17.7 Å². The largest absolute Gasteiger partial charge is 0.319 e. The van der Waals surface area contributed by atoms with Crippen LogP contribution in [-0.2, 0) is 0 Å². The number of aromatic nitrogens is 2. The van der Waals surface area contributed by atoms with Gasteiger partial charge in [0.1, 0.15) is 6.04 Å². The lowest BCUT2D eigenvalue weighted by Gasteiger charge is -2.17. The summed E-state index contributed by atoms with van der Waals surface area (Å²) in [6, 6.07) is 7.75. The monoisotopic (exact) mass is 355 g/mol. The average Bonchev–Trinajstić information content (AvgIpc) is 3.12. The van der Waals surface area contributed by atoms with E-state index in [0.717, 1.165) is 11.3 Å². The van der Waals surface area contributed by atoms with E-state index in [1.165, 1.54) is 0 Å². The number of benzene rings is 1. The minimum atomic E-state index is -0.224. The van der Waals surface area contributed by atoms with Crippen molar-refractivity contribution < 1.29 is 0 Å². The Labute approximate surface area is 141 Å². The molecular weight excluding hydrogens is 345 g/mol. The molecule has 1 aliphatic rings. The first-order valence-corrected chi connectivity index (χ1v) is 9.03. The molecule has 0 spiro atoms. The number of thioether (sulfide) groups is 2. The summed E-state index contributed by atoms with van der Waals surface area (Å²) in [6.07, 6.45) is 5.22. The lowest BCUT2D eigenvalue weighted by Crippen LogP contribution is -2.14. The van der Waals surface area contributed by atoms with Crippen molar-refractivity contribution in [3.8, 4) is 6.07 Å². The third kappa shape index (κ3) is 3.19. The Bertz CT molecular complexity index is 669. The number of nitrogens with zero attached hydrogens (tertiary/aromatic N) is 3. The van der Waals surface area contributed by atoms with Gasteiger partial charge in [-0.15, -0.1) is 23.5 Å². The van der Waals surface area contributed by atoms with Crippen molar-refractivity contribution >= 4 is 46.7 Å². The molecule has 0 aliphatic carbocycles. The predicted molar refractivity (Wildman–Crippen MR) is 89.9 cm³/mol. The highest BCUT2D eigenvalue weighted by Crippen LogP contribution is 2.52. The van der Waals surface area contributed by atoms with Gasteiger partial charge < -0.3 is 4.57 Å². The van der Waals surface area contributed by atoms with Crippen molar-refractivity contribution in [1.82, 2.24) is 9.55 Å². The number of rotatable bonds is 3. The summed E-state index contributed by atoms with van der Waals surface area (Å²) in [5.74, 6) is 0.934. The van der Waals surface area contributed by atoms with E-state index in [-0.39, 0.29) is 15.9 Å². The number of hydrogen-bond acceptors (Lipinski definition) is 4. The summed E-state index contributed by atoms with van der Waals surface area (Å²) < 4.78 is 2.03. The molecule has 3 nitrogen and oxygen atoms in total. The van der Waals surface area contributed by atoms with E-state index in [2.05, 4.69) is 11.1 Å². The molecule has 2 aromatic rings. The minimum absolute atomic E-state index is 0.168. The fraction of sp³-hybridized carbons (Fsp3) is 0.286. The van der Waals surface area contributed by atoms with Gasteiger partial charge in [0.05, 0.1) is 17.0 Å². The van der Waals surface area contributed by atoms with Crippen LogP contribution >= 0.6 is 46.7 Å². The smallest absolute Gasteiger partial charge is 0.142 e. The van der Waals surface area contributed by atoms with Crippen LogP contribution in [-0.4, -0.2) is 19.9 Å².